The van der Waals surface area contributed by atoms with Crippen molar-refractivity contribution < 1.29 is 25.2 Å². The maximum absolute atomic E-state index is 9.35. The van der Waals surface area contributed by atoms with Crippen molar-refractivity contribution in [1.82, 2.24) is 0 Å². The Kier molecular flexibility index (Phi) is 3.60. The molecular formula is C7H15NO5. The molecule has 6 heteroatoms. The SMILES string of the molecule is NC1CC(O)[C@H](O)C(CO)O[C@H]1O. The molecule has 0 amide bonds. The Labute approximate surface area is 75.6 Å². The molecule has 1 aliphatic heterocycles. The van der Waals surface area contributed by atoms with E-state index in [2.05, 4.69) is 0 Å². The van der Waals surface area contributed by atoms with Gasteiger partial charge < -0.3 is 30.9 Å². The van der Waals surface area contributed by atoms with Gasteiger partial charge in [0, 0.05) is 0 Å². The van der Waals surface area contributed by atoms with Gasteiger partial charge in [-0.1, -0.05) is 0 Å². The lowest BCUT2D eigenvalue weighted by Gasteiger charge is -2.22. The Morgan fingerprint density at radius 1 is 1.31 bits per heavy atom. The molecule has 13 heavy (non-hydrogen) atoms. The van der Waals surface area contributed by atoms with Gasteiger partial charge in [-0.25, -0.2) is 0 Å². The fourth-order valence-corrected chi connectivity index (χ4v) is 1.29. The fraction of sp³-hybridized carbons (Fsp3) is 1.00. The summed E-state index contributed by atoms with van der Waals surface area (Å²) in [6, 6.07) is -0.749. The summed E-state index contributed by atoms with van der Waals surface area (Å²) in [5.41, 5.74) is 5.42. The molecule has 1 fully saturated rings. The molecule has 0 spiro atoms. The Morgan fingerprint density at radius 3 is 2.46 bits per heavy atom. The lowest BCUT2D eigenvalue weighted by molar-refractivity contribution is -0.177. The Bertz CT molecular complexity index is 167. The van der Waals surface area contributed by atoms with Crippen LogP contribution in [0.4, 0.5) is 0 Å². The second-order valence-corrected chi connectivity index (χ2v) is 3.21. The molecule has 6 nitrogen and oxygen atoms in total. The van der Waals surface area contributed by atoms with Crippen LogP contribution in [0.2, 0.25) is 0 Å². The molecular weight excluding hydrogens is 178 g/mol. The van der Waals surface area contributed by atoms with Crippen LogP contribution in [-0.4, -0.2) is 57.7 Å². The minimum atomic E-state index is -1.26. The molecule has 1 aliphatic rings. The summed E-state index contributed by atoms with van der Waals surface area (Å²) in [6.45, 7) is -0.470. The van der Waals surface area contributed by atoms with Gasteiger partial charge in [-0.3, -0.25) is 0 Å². The van der Waals surface area contributed by atoms with Crippen LogP contribution in [0.15, 0.2) is 0 Å². The van der Waals surface area contributed by atoms with Gasteiger partial charge >= 0.3 is 0 Å². The molecule has 1 saturated heterocycles. The highest BCUT2D eigenvalue weighted by molar-refractivity contribution is 4.85. The van der Waals surface area contributed by atoms with Gasteiger partial charge in [-0.05, 0) is 6.42 Å². The van der Waals surface area contributed by atoms with E-state index in [4.69, 9.17) is 15.6 Å². The van der Waals surface area contributed by atoms with Crippen molar-refractivity contribution in [3.8, 4) is 0 Å². The summed E-state index contributed by atoms with van der Waals surface area (Å²) >= 11 is 0. The second-order valence-electron chi connectivity index (χ2n) is 3.21. The van der Waals surface area contributed by atoms with Crippen LogP contribution in [-0.2, 0) is 4.74 Å². The zero-order chi connectivity index (χ0) is 10.0. The molecule has 0 saturated carbocycles. The van der Waals surface area contributed by atoms with Gasteiger partial charge in [-0.2, -0.15) is 0 Å². The van der Waals surface area contributed by atoms with E-state index in [1.54, 1.807) is 0 Å². The average Bonchev–Trinajstić information content (AvgIpc) is 2.18. The molecule has 78 valence electrons. The molecule has 0 aromatic heterocycles. The number of ether oxygens (including phenoxy) is 1. The Morgan fingerprint density at radius 2 is 1.92 bits per heavy atom. The summed E-state index contributed by atoms with van der Waals surface area (Å²) in [5.74, 6) is 0. The third kappa shape index (κ3) is 2.37. The van der Waals surface area contributed by atoms with Crippen molar-refractivity contribution in [2.24, 2.45) is 5.73 Å². The predicted octanol–water partition coefficient (Wildman–Crippen LogP) is -2.86. The standard InChI is InChI=1S/C7H15NO5/c8-3-1-4(10)6(11)5(2-9)13-7(3)12/h3-7,9-12H,1-2,8H2/t3?,4?,5?,6-,7+/m0/s1. The van der Waals surface area contributed by atoms with E-state index >= 15 is 0 Å². The van der Waals surface area contributed by atoms with E-state index in [9.17, 15) is 15.3 Å². The molecule has 0 radical (unpaired) electrons. The third-order valence-electron chi connectivity index (χ3n) is 2.15. The number of hydrogen-bond acceptors (Lipinski definition) is 6. The zero-order valence-electron chi connectivity index (χ0n) is 7.08. The molecule has 1 rings (SSSR count). The van der Waals surface area contributed by atoms with Crippen LogP contribution in [0.25, 0.3) is 0 Å². The van der Waals surface area contributed by atoms with Crippen LogP contribution in [0, 0.1) is 0 Å². The van der Waals surface area contributed by atoms with Gasteiger partial charge in [0.1, 0.15) is 12.2 Å². The van der Waals surface area contributed by atoms with Crippen molar-refractivity contribution in [2.75, 3.05) is 6.61 Å². The number of rotatable bonds is 1. The van der Waals surface area contributed by atoms with Gasteiger partial charge in [0.2, 0.25) is 0 Å². The monoisotopic (exact) mass is 193 g/mol. The molecule has 0 aliphatic carbocycles. The smallest absolute Gasteiger partial charge is 0.170 e. The third-order valence-corrected chi connectivity index (χ3v) is 2.15. The summed E-state index contributed by atoms with van der Waals surface area (Å²) in [7, 11) is 0. The van der Waals surface area contributed by atoms with E-state index < -0.39 is 37.3 Å². The van der Waals surface area contributed by atoms with Crippen molar-refractivity contribution in [2.45, 2.75) is 37.1 Å². The normalized spacial score (nSPS) is 47.3. The molecule has 1 heterocycles. The van der Waals surface area contributed by atoms with E-state index in [1.165, 1.54) is 0 Å². The highest BCUT2D eigenvalue weighted by Crippen LogP contribution is 2.17. The molecule has 3 unspecified atom stereocenters. The van der Waals surface area contributed by atoms with Gasteiger partial charge in [0.05, 0.1) is 18.8 Å². The highest BCUT2D eigenvalue weighted by Gasteiger charge is 2.36. The van der Waals surface area contributed by atoms with E-state index in [0.717, 1.165) is 0 Å². The maximum Gasteiger partial charge on any atom is 0.170 e. The number of aliphatic hydroxyl groups is 4. The highest BCUT2D eigenvalue weighted by atomic mass is 16.6. The molecule has 5 atom stereocenters. The fourth-order valence-electron chi connectivity index (χ4n) is 1.29. The van der Waals surface area contributed by atoms with Gasteiger partial charge in [0.15, 0.2) is 6.29 Å². The molecule has 0 bridgehead atoms. The molecule has 0 aromatic carbocycles. The van der Waals surface area contributed by atoms with Crippen LogP contribution in [0.1, 0.15) is 6.42 Å². The van der Waals surface area contributed by atoms with E-state index in [0.29, 0.717) is 0 Å². The van der Waals surface area contributed by atoms with Crippen LogP contribution >= 0.6 is 0 Å². The van der Waals surface area contributed by atoms with Crippen LogP contribution in [0.5, 0.6) is 0 Å². The number of nitrogens with two attached hydrogens (primary N) is 1. The van der Waals surface area contributed by atoms with E-state index in [1.807, 2.05) is 0 Å². The van der Waals surface area contributed by atoms with Crippen molar-refractivity contribution in [3.63, 3.8) is 0 Å². The molecule has 0 aromatic rings. The summed E-state index contributed by atoms with van der Waals surface area (Å²) in [4.78, 5) is 0. The van der Waals surface area contributed by atoms with E-state index in [-0.39, 0.29) is 6.42 Å². The lowest BCUT2D eigenvalue weighted by Crippen LogP contribution is -2.40. The van der Waals surface area contributed by atoms with Crippen molar-refractivity contribution in [3.05, 3.63) is 0 Å². The first kappa shape index (κ1) is 10.8. The first-order valence-corrected chi connectivity index (χ1v) is 4.12. The Balaban J connectivity index is 2.68. The maximum atomic E-state index is 9.35. The van der Waals surface area contributed by atoms with Crippen LogP contribution in [0.3, 0.4) is 0 Å². The predicted molar refractivity (Wildman–Crippen MR) is 42.6 cm³/mol. The minimum Gasteiger partial charge on any atom is -0.394 e. The van der Waals surface area contributed by atoms with Crippen molar-refractivity contribution in [1.29, 1.82) is 0 Å². The largest absolute Gasteiger partial charge is 0.394 e. The summed E-state index contributed by atoms with van der Waals surface area (Å²) in [6.07, 6.45) is -4.50. The topological polar surface area (TPSA) is 116 Å². The lowest BCUT2D eigenvalue weighted by atomic mass is 10.0. The Hall–Kier alpha value is -0.240. The second kappa shape index (κ2) is 4.32. The van der Waals surface area contributed by atoms with Gasteiger partial charge in [0.25, 0.3) is 0 Å². The summed E-state index contributed by atoms with van der Waals surface area (Å²) < 4.78 is 4.83. The first-order chi connectivity index (χ1) is 6.06. The van der Waals surface area contributed by atoms with Gasteiger partial charge in [-0.15, -0.1) is 0 Å². The average molecular weight is 193 g/mol. The number of hydrogen-bond donors (Lipinski definition) is 5. The minimum absolute atomic E-state index is 0.0405. The van der Waals surface area contributed by atoms with Crippen molar-refractivity contribution >= 4 is 0 Å². The van der Waals surface area contributed by atoms with Crippen LogP contribution < -0.4 is 5.73 Å². The zero-order valence-corrected chi connectivity index (χ0v) is 7.08. The molecule has 6 N–H and O–H groups in total. The first-order valence-electron chi connectivity index (χ1n) is 4.12. The summed E-state index contributed by atoms with van der Waals surface area (Å²) in [5, 5.41) is 36.6. The number of aliphatic hydroxyl groups excluding tert-OH is 4. The quantitative estimate of drug-likeness (QED) is 0.306.